The van der Waals surface area contributed by atoms with E-state index in [1.807, 2.05) is 4.90 Å². The van der Waals surface area contributed by atoms with E-state index in [2.05, 4.69) is 10.1 Å². The number of amides is 1. The van der Waals surface area contributed by atoms with Gasteiger partial charge in [-0.1, -0.05) is 0 Å². The highest BCUT2D eigenvalue weighted by molar-refractivity contribution is 7.91. The van der Waals surface area contributed by atoms with Crippen LogP contribution in [0.3, 0.4) is 0 Å². The summed E-state index contributed by atoms with van der Waals surface area (Å²) in [6.45, 7) is 1.39. The molecule has 2 atom stereocenters. The lowest BCUT2D eigenvalue weighted by Gasteiger charge is -2.33. The third kappa shape index (κ3) is 3.42. The molecule has 2 aliphatic heterocycles. The van der Waals surface area contributed by atoms with Crippen LogP contribution in [-0.4, -0.2) is 58.6 Å². The van der Waals surface area contributed by atoms with Crippen LogP contribution in [0.25, 0.3) is 0 Å². The van der Waals surface area contributed by atoms with Crippen molar-refractivity contribution in [2.75, 3.05) is 24.6 Å². The second-order valence-electron chi connectivity index (χ2n) is 5.98. The first-order valence-corrected chi connectivity index (χ1v) is 9.18. The van der Waals surface area contributed by atoms with E-state index in [4.69, 9.17) is 0 Å². The molecule has 2 saturated heterocycles. The Morgan fingerprint density at radius 3 is 2.86 bits per heavy atom. The molecule has 21 heavy (non-hydrogen) atoms. The Balaban J connectivity index is 1.57. The molecule has 8 heteroatoms. The smallest absolute Gasteiger partial charge is 0.222 e. The van der Waals surface area contributed by atoms with Crippen LogP contribution in [0.2, 0.25) is 0 Å². The maximum Gasteiger partial charge on any atom is 0.222 e. The molecule has 0 spiro atoms. The fraction of sp³-hybridized carbons (Fsp3) is 0.769. The van der Waals surface area contributed by atoms with Crippen LogP contribution >= 0.6 is 0 Å². The summed E-state index contributed by atoms with van der Waals surface area (Å²) in [5, 5.41) is 4.14. The average Bonchev–Trinajstić information content (AvgIpc) is 3.09. The van der Waals surface area contributed by atoms with Crippen LogP contribution in [0.15, 0.2) is 12.7 Å². The van der Waals surface area contributed by atoms with E-state index in [0.717, 1.165) is 19.4 Å². The SMILES string of the molecule is O=C(C[C@H]1CCS(=O)(=O)C1)N1CCC[C@H](n2cncn2)C1. The van der Waals surface area contributed by atoms with Crippen LogP contribution in [0, 0.1) is 5.92 Å². The molecule has 7 nitrogen and oxygen atoms in total. The topological polar surface area (TPSA) is 85.2 Å². The predicted octanol–water partition coefficient (Wildman–Crippen LogP) is 0.266. The summed E-state index contributed by atoms with van der Waals surface area (Å²) in [4.78, 5) is 18.2. The molecule has 0 N–H and O–H groups in total. The zero-order valence-electron chi connectivity index (χ0n) is 11.9. The van der Waals surface area contributed by atoms with Gasteiger partial charge in [0, 0.05) is 19.5 Å². The van der Waals surface area contributed by atoms with Crippen molar-refractivity contribution < 1.29 is 13.2 Å². The monoisotopic (exact) mass is 312 g/mol. The summed E-state index contributed by atoms with van der Waals surface area (Å²) in [6.07, 6.45) is 6.09. The maximum atomic E-state index is 12.4. The van der Waals surface area contributed by atoms with Gasteiger partial charge in [0.15, 0.2) is 9.84 Å². The molecule has 0 saturated carbocycles. The Morgan fingerprint density at radius 2 is 2.19 bits per heavy atom. The number of carbonyl (C=O) groups is 1. The lowest BCUT2D eigenvalue weighted by molar-refractivity contribution is -0.133. The van der Waals surface area contributed by atoms with Crippen molar-refractivity contribution in [2.24, 2.45) is 5.92 Å². The summed E-state index contributed by atoms with van der Waals surface area (Å²) in [6, 6.07) is 0.178. The highest BCUT2D eigenvalue weighted by Gasteiger charge is 2.32. The normalized spacial score (nSPS) is 28.7. The highest BCUT2D eigenvalue weighted by Crippen LogP contribution is 2.25. The first-order chi connectivity index (χ1) is 10.0. The van der Waals surface area contributed by atoms with Crippen molar-refractivity contribution in [1.82, 2.24) is 19.7 Å². The van der Waals surface area contributed by atoms with Crippen molar-refractivity contribution in [1.29, 1.82) is 0 Å². The molecule has 1 aromatic heterocycles. The van der Waals surface area contributed by atoms with Crippen molar-refractivity contribution in [2.45, 2.75) is 31.7 Å². The minimum absolute atomic E-state index is 0.00533. The molecule has 3 heterocycles. The zero-order valence-corrected chi connectivity index (χ0v) is 12.7. The molecular formula is C13H20N4O3S. The number of hydrogen-bond acceptors (Lipinski definition) is 5. The van der Waals surface area contributed by atoms with Gasteiger partial charge in [0.05, 0.1) is 17.5 Å². The Labute approximate surface area is 124 Å². The molecule has 116 valence electrons. The van der Waals surface area contributed by atoms with Crippen LogP contribution in [0.5, 0.6) is 0 Å². The van der Waals surface area contributed by atoms with E-state index < -0.39 is 9.84 Å². The number of nitrogens with zero attached hydrogens (tertiary/aromatic N) is 4. The fourth-order valence-electron chi connectivity index (χ4n) is 3.21. The molecule has 1 amide bonds. The Bertz CT molecular complexity index is 599. The van der Waals surface area contributed by atoms with Gasteiger partial charge in [-0.15, -0.1) is 0 Å². The summed E-state index contributed by atoms with van der Waals surface area (Å²) in [5.41, 5.74) is 0. The number of carbonyl (C=O) groups excluding carboxylic acids is 1. The van der Waals surface area contributed by atoms with E-state index in [-0.39, 0.29) is 29.4 Å². The molecular weight excluding hydrogens is 292 g/mol. The average molecular weight is 312 g/mol. The molecule has 0 radical (unpaired) electrons. The molecule has 0 bridgehead atoms. The lowest BCUT2D eigenvalue weighted by Crippen LogP contribution is -2.41. The second-order valence-corrected chi connectivity index (χ2v) is 8.21. The maximum absolute atomic E-state index is 12.4. The van der Waals surface area contributed by atoms with Crippen LogP contribution in [0.4, 0.5) is 0 Å². The standard InChI is InChI=1S/C13H20N4O3S/c18-13(6-11-3-5-21(19,20)8-11)16-4-1-2-12(7-16)17-10-14-9-15-17/h9-12H,1-8H2/t11-,12+/m1/s1. The molecule has 0 aliphatic carbocycles. The van der Waals surface area contributed by atoms with Gasteiger partial charge in [-0.25, -0.2) is 18.1 Å². The van der Waals surface area contributed by atoms with Gasteiger partial charge in [0.1, 0.15) is 12.7 Å². The number of aromatic nitrogens is 3. The van der Waals surface area contributed by atoms with Crippen molar-refractivity contribution in [3.8, 4) is 0 Å². The largest absolute Gasteiger partial charge is 0.341 e. The predicted molar refractivity (Wildman–Crippen MR) is 76.3 cm³/mol. The molecule has 2 aliphatic rings. The fourth-order valence-corrected chi connectivity index (χ4v) is 5.07. The Morgan fingerprint density at radius 1 is 1.33 bits per heavy atom. The van der Waals surface area contributed by atoms with E-state index in [0.29, 0.717) is 19.4 Å². The van der Waals surface area contributed by atoms with Gasteiger partial charge in [-0.3, -0.25) is 4.79 Å². The Hall–Kier alpha value is -1.44. The van der Waals surface area contributed by atoms with Gasteiger partial charge in [0.2, 0.25) is 5.91 Å². The lowest BCUT2D eigenvalue weighted by atomic mass is 10.0. The van der Waals surface area contributed by atoms with Crippen molar-refractivity contribution in [3.05, 3.63) is 12.7 Å². The third-order valence-electron chi connectivity index (χ3n) is 4.35. The van der Waals surface area contributed by atoms with E-state index in [1.54, 1.807) is 11.0 Å². The first-order valence-electron chi connectivity index (χ1n) is 7.36. The zero-order chi connectivity index (χ0) is 14.9. The van der Waals surface area contributed by atoms with Crippen LogP contribution < -0.4 is 0 Å². The van der Waals surface area contributed by atoms with Crippen LogP contribution in [0.1, 0.15) is 31.7 Å². The molecule has 1 aromatic rings. The van der Waals surface area contributed by atoms with Gasteiger partial charge in [0.25, 0.3) is 0 Å². The summed E-state index contributed by atoms with van der Waals surface area (Å²) >= 11 is 0. The Kier molecular flexibility index (Phi) is 3.97. The van der Waals surface area contributed by atoms with Gasteiger partial charge >= 0.3 is 0 Å². The van der Waals surface area contributed by atoms with Gasteiger partial charge in [-0.2, -0.15) is 5.10 Å². The third-order valence-corrected chi connectivity index (χ3v) is 6.19. The van der Waals surface area contributed by atoms with Gasteiger partial charge < -0.3 is 4.90 Å². The summed E-state index contributed by atoms with van der Waals surface area (Å²) in [7, 11) is -2.91. The van der Waals surface area contributed by atoms with Gasteiger partial charge in [-0.05, 0) is 25.2 Å². The molecule has 0 aromatic carbocycles. The van der Waals surface area contributed by atoms with E-state index >= 15 is 0 Å². The molecule has 3 rings (SSSR count). The highest BCUT2D eigenvalue weighted by atomic mass is 32.2. The van der Waals surface area contributed by atoms with E-state index in [9.17, 15) is 13.2 Å². The van der Waals surface area contributed by atoms with Crippen molar-refractivity contribution >= 4 is 15.7 Å². The number of rotatable bonds is 3. The number of sulfone groups is 1. The number of likely N-dealkylation sites (tertiary alicyclic amines) is 1. The minimum atomic E-state index is -2.91. The summed E-state index contributed by atoms with van der Waals surface area (Å²) in [5.74, 6) is 0.460. The second kappa shape index (κ2) is 5.75. The van der Waals surface area contributed by atoms with Crippen LogP contribution in [-0.2, 0) is 14.6 Å². The molecule has 2 fully saturated rings. The number of piperidine rings is 1. The molecule has 0 unspecified atom stereocenters. The quantitative estimate of drug-likeness (QED) is 0.799. The number of hydrogen-bond donors (Lipinski definition) is 0. The van der Waals surface area contributed by atoms with Crippen molar-refractivity contribution in [3.63, 3.8) is 0 Å². The first kappa shape index (κ1) is 14.5. The summed E-state index contributed by atoms with van der Waals surface area (Å²) < 4.78 is 24.7. The minimum Gasteiger partial charge on any atom is -0.341 e. The van der Waals surface area contributed by atoms with E-state index in [1.165, 1.54) is 6.33 Å².